The molecule has 8 heteroatoms. The number of carbonyl (C=O) groups excluding carboxylic acids is 3. The van der Waals surface area contributed by atoms with Crippen molar-refractivity contribution in [2.45, 2.75) is 18.7 Å². The first-order valence-corrected chi connectivity index (χ1v) is 12.9. The highest BCUT2D eigenvalue weighted by molar-refractivity contribution is 6.07. The van der Waals surface area contributed by atoms with Crippen LogP contribution in [0, 0.1) is 5.92 Å². The number of amides is 2. The number of esters is 1. The highest BCUT2D eigenvalue weighted by Gasteiger charge is 2.59. The van der Waals surface area contributed by atoms with Crippen LogP contribution >= 0.6 is 0 Å². The van der Waals surface area contributed by atoms with Crippen molar-refractivity contribution >= 4 is 23.5 Å². The number of hydroxylamine groups is 1. The monoisotopic (exact) mass is 534 g/mol. The van der Waals surface area contributed by atoms with Gasteiger partial charge in [-0.05, 0) is 47.5 Å². The summed E-state index contributed by atoms with van der Waals surface area (Å²) in [5.41, 5.74) is 2.64. The maximum absolute atomic E-state index is 13.8. The molecule has 2 heterocycles. The third-order valence-electron chi connectivity index (χ3n) is 7.14. The van der Waals surface area contributed by atoms with E-state index in [1.165, 1.54) is 12.0 Å². The summed E-state index contributed by atoms with van der Waals surface area (Å²) in [4.78, 5) is 47.4. The number of benzene rings is 4. The Balaban J connectivity index is 1.35. The number of hydrogen-bond acceptors (Lipinski definition) is 7. The average molecular weight is 535 g/mol. The van der Waals surface area contributed by atoms with Crippen molar-refractivity contribution in [1.82, 2.24) is 4.90 Å². The number of para-hydroxylation sites is 1. The summed E-state index contributed by atoms with van der Waals surface area (Å²) < 4.78 is 11.2. The fourth-order valence-electron chi connectivity index (χ4n) is 5.22. The van der Waals surface area contributed by atoms with E-state index in [0.717, 1.165) is 5.56 Å². The van der Waals surface area contributed by atoms with Crippen molar-refractivity contribution in [2.75, 3.05) is 12.2 Å². The molecule has 4 aromatic carbocycles. The van der Waals surface area contributed by atoms with E-state index in [9.17, 15) is 14.4 Å². The SMILES string of the molecule is COc1cc(C2C3C(=O)N(Cc4ccccc4)C(=O)C3ON2c2ccccc2)ccc1OC(=O)c1ccccc1. The Morgan fingerprint density at radius 3 is 2.12 bits per heavy atom. The van der Waals surface area contributed by atoms with Crippen LogP contribution in [0.15, 0.2) is 109 Å². The van der Waals surface area contributed by atoms with Crippen LogP contribution in [0.4, 0.5) is 5.69 Å². The highest BCUT2D eigenvalue weighted by atomic mass is 16.7. The van der Waals surface area contributed by atoms with E-state index in [-0.39, 0.29) is 24.1 Å². The molecule has 2 amide bonds. The Hall–Kier alpha value is -4.95. The topological polar surface area (TPSA) is 85.4 Å². The maximum atomic E-state index is 13.8. The molecule has 8 nitrogen and oxygen atoms in total. The summed E-state index contributed by atoms with van der Waals surface area (Å²) in [5.74, 6) is -1.42. The lowest BCUT2D eigenvalue weighted by molar-refractivity contribution is -0.143. The minimum atomic E-state index is -0.969. The Bertz CT molecular complexity index is 1540. The number of imide groups is 1. The quantitative estimate of drug-likeness (QED) is 0.188. The van der Waals surface area contributed by atoms with Gasteiger partial charge in [0.15, 0.2) is 17.6 Å². The van der Waals surface area contributed by atoms with Gasteiger partial charge in [0.05, 0.1) is 30.9 Å². The molecule has 0 aliphatic carbocycles. The Morgan fingerprint density at radius 2 is 1.45 bits per heavy atom. The van der Waals surface area contributed by atoms with Gasteiger partial charge in [0.2, 0.25) is 5.91 Å². The van der Waals surface area contributed by atoms with Crippen molar-refractivity contribution in [3.8, 4) is 11.5 Å². The van der Waals surface area contributed by atoms with Crippen molar-refractivity contribution in [3.05, 3.63) is 126 Å². The van der Waals surface area contributed by atoms with Gasteiger partial charge in [-0.1, -0.05) is 72.8 Å². The number of ether oxygens (including phenoxy) is 2. The number of carbonyl (C=O) groups is 3. The second kappa shape index (κ2) is 10.7. The molecule has 0 saturated carbocycles. The molecule has 3 atom stereocenters. The van der Waals surface area contributed by atoms with E-state index in [2.05, 4.69) is 0 Å². The molecular formula is C32H26N2O6. The summed E-state index contributed by atoms with van der Waals surface area (Å²) in [5, 5.41) is 1.62. The molecule has 0 N–H and O–H groups in total. The van der Waals surface area contributed by atoms with E-state index in [0.29, 0.717) is 22.6 Å². The summed E-state index contributed by atoms with van der Waals surface area (Å²) in [6, 6.07) is 31.9. The standard InChI is InChI=1S/C32H26N2O6/c1-38-26-19-23(17-18-25(26)39-32(37)22-13-7-3-8-14-22)28-27-29(40-34(28)24-15-9-4-10-16-24)31(36)33(30(27)35)20-21-11-5-2-6-12-21/h2-19,27-29H,20H2,1H3. The van der Waals surface area contributed by atoms with Crippen LogP contribution in [0.5, 0.6) is 11.5 Å². The van der Waals surface area contributed by atoms with Gasteiger partial charge in [-0.25, -0.2) is 9.86 Å². The average Bonchev–Trinajstić information content (AvgIpc) is 3.50. The summed E-state index contributed by atoms with van der Waals surface area (Å²) >= 11 is 0. The van der Waals surface area contributed by atoms with Gasteiger partial charge in [-0.3, -0.25) is 19.3 Å². The van der Waals surface area contributed by atoms with Gasteiger partial charge >= 0.3 is 5.97 Å². The molecule has 2 fully saturated rings. The highest BCUT2D eigenvalue weighted by Crippen LogP contribution is 2.48. The molecule has 2 aliphatic heterocycles. The van der Waals surface area contributed by atoms with Gasteiger partial charge in [0.25, 0.3) is 5.91 Å². The molecule has 2 saturated heterocycles. The molecule has 40 heavy (non-hydrogen) atoms. The van der Waals surface area contributed by atoms with Crippen LogP contribution in [-0.4, -0.2) is 35.9 Å². The van der Waals surface area contributed by atoms with Crippen molar-refractivity contribution in [1.29, 1.82) is 0 Å². The van der Waals surface area contributed by atoms with E-state index >= 15 is 0 Å². The van der Waals surface area contributed by atoms with E-state index in [1.807, 2.05) is 66.7 Å². The van der Waals surface area contributed by atoms with Crippen LogP contribution in [0.25, 0.3) is 0 Å². The van der Waals surface area contributed by atoms with E-state index in [1.54, 1.807) is 47.5 Å². The largest absolute Gasteiger partial charge is 0.493 e. The van der Waals surface area contributed by atoms with Crippen LogP contribution in [0.2, 0.25) is 0 Å². The molecule has 200 valence electrons. The van der Waals surface area contributed by atoms with Crippen LogP contribution < -0.4 is 14.5 Å². The van der Waals surface area contributed by atoms with Crippen molar-refractivity contribution in [2.24, 2.45) is 5.92 Å². The van der Waals surface area contributed by atoms with Gasteiger partial charge in [-0.2, -0.15) is 0 Å². The van der Waals surface area contributed by atoms with Crippen LogP contribution in [0.1, 0.15) is 27.5 Å². The Kier molecular flexibility index (Phi) is 6.76. The smallest absolute Gasteiger partial charge is 0.343 e. The zero-order valence-corrected chi connectivity index (χ0v) is 21.7. The minimum absolute atomic E-state index is 0.171. The van der Waals surface area contributed by atoms with Gasteiger partial charge in [0, 0.05) is 0 Å². The lowest BCUT2D eigenvalue weighted by Gasteiger charge is -2.29. The molecule has 6 rings (SSSR count). The molecular weight excluding hydrogens is 508 g/mol. The normalized spacial score (nSPS) is 20.0. The first-order valence-electron chi connectivity index (χ1n) is 12.9. The lowest BCUT2D eigenvalue weighted by Crippen LogP contribution is -2.36. The molecule has 3 unspecified atom stereocenters. The number of fused-ring (bicyclic) bond motifs is 1. The fourth-order valence-corrected chi connectivity index (χ4v) is 5.22. The predicted octanol–water partition coefficient (Wildman–Crippen LogP) is 4.96. The zero-order chi connectivity index (χ0) is 27.6. The van der Waals surface area contributed by atoms with Gasteiger partial charge in [0.1, 0.15) is 5.92 Å². The maximum Gasteiger partial charge on any atom is 0.343 e. The lowest BCUT2D eigenvalue weighted by atomic mass is 9.90. The first kappa shape index (κ1) is 25.3. The summed E-state index contributed by atoms with van der Waals surface area (Å²) in [7, 11) is 1.48. The number of hydrogen-bond donors (Lipinski definition) is 0. The molecule has 2 aliphatic rings. The predicted molar refractivity (Wildman–Crippen MR) is 146 cm³/mol. The van der Waals surface area contributed by atoms with E-state index < -0.39 is 24.0 Å². The first-order chi connectivity index (χ1) is 19.5. The Labute approximate surface area is 231 Å². The number of likely N-dealkylation sites (tertiary alicyclic amines) is 1. The third-order valence-corrected chi connectivity index (χ3v) is 7.14. The summed E-state index contributed by atoms with van der Waals surface area (Å²) in [6.45, 7) is 0.171. The van der Waals surface area contributed by atoms with Crippen LogP contribution in [-0.2, 0) is 21.0 Å². The zero-order valence-electron chi connectivity index (χ0n) is 21.7. The van der Waals surface area contributed by atoms with E-state index in [4.69, 9.17) is 14.3 Å². The molecule has 0 aromatic heterocycles. The van der Waals surface area contributed by atoms with Gasteiger partial charge in [-0.15, -0.1) is 0 Å². The fraction of sp³-hybridized carbons (Fsp3) is 0.156. The number of methoxy groups -OCH3 is 1. The number of rotatable bonds is 7. The second-order valence-corrected chi connectivity index (χ2v) is 9.57. The van der Waals surface area contributed by atoms with Crippen molar-refractivity contribution < 1.29 is 28.7 Å². The molecule has 0 spiro atoms. The number of anilines is 1. The summed E-state index contributed by atoms with van der Waals surface area (Å²) in [6.07, 6.45) is -0.969. The van der Waals surface area contributed by atoms with Gasteiger partial charge < -0.3 is 9.47 Å². The minimum Gasteiger partial charge on any atom is -0.493 e. The molecule has 4 aromatic rings. The van der Waals surface area contributed by atoms with Crippen molar-refractivity contribution in [3.63, 3.8) is 0 Å². The number of nitrogens with zero attached hydrogens (tertiary/aromatic N) is 2. The third kappa shape index (κ3) is 4.58. The second-order valence-electron chi connectivity index (χ2n) is 9.57. The Morgan fingerprint density at radius 1 is 0.800 bits per heavy atom. The van der Waals surface area contributed by atoms with Crippen LogP contribution in [0.3, 0.4) is 0 Å². The molecule has 0 bridgehead atoms. The molecule has 0 radical (unpaired) electrons.